The fourth-order valence-corrected chi connectivity index (χ4v) is 5.10. The molecule has 1 aliphatic rings. The van der Waals surface area contributed by atoms with Gasteiger partial charge in [-0.25, -0.2) is 4.98 Å². The van der Waals surface area contributed by atoms with Crippen LogP contribution < -0.4 is 10.5 Å². The Balaban J connectivity index is 1.40. The maximum Gasteiger partial charge on any atom is 0.262 e. The molecule has 1 amide bonds. The Morgan fingerprint density at radius 2 is 1.64 bits per heavy atom. The van der Waals surface area contributed by atoms with Gasteiger partial charge in [0.25, 0.3) is 11.5 Å². The number of aromatic nitrogens is 2. The summed E-state index contributed by atoms with van der Waals surface area (Å²) >= 11 is 1.23. The zero-order valence-electron chi connectivity index (χ0n) is 19.7. The van der Waals surface area contributed by atoms with Gasteiger partial charge in [0, 0.05) is 37.4 Å². The molecule has 0 atom stereocenters. The first-order chi connectivity index (χ1) is 17.6. The molecule has 3 aromatic carbocycles. The number of piperazine rings is 1. The van der Waals surface area contributed by atoms with Crippen molar-refractivity contribution in [2.24, 2.45) is 0 Å². The molecule has 2 heterocycles. The standard InChI is InChI=1S/C28H25N5O2S/c29-13-18-36-28-30-25-19-22(11-12-24(25)27(35)33(28)20-21-7-3-1-4-8-21)26(34)32-16-14-31(15-17-32)23-9-5-2-6-10-23/h1-12,19H,14-18,20H2. The fraction of sp³-hybridized carbons (Fsp3) is 0.214. The van der Waals surface area contributed by atoms with Crippen LogP contribution in [0.1, 0.15) is 15.9 Å². The number of hydrogen-bond donors (Lipinski definition) is 0. The summed E-state index contributed by atoms with van der Waals surface area (Å²) in [5.41, 5.74) is 2.94. The first-order valence-corrected chi connectivity index (χ1v) is 12.8. The number of para-hydroxylation sites is 1. The minimum absolute atomic E-state index is 0.0638. The van der Waals surface area contributed by atoms with Gasteiger partial charge < -0.3 is 9.80 Å². The lowest BCUT2D eigenvalue weighted by molar-refractivity contribution is 0.0747. The smallest absolute Gasteiger partial charge is 0.262 e. The Hall–Kier alpha value is -4.09. The molecule has 7 nitrogen and oxygen atoms in total. The molecule has 8 heteroatoms. The summed E-state index contributed by atoms with van der Waals surface area (Å²) in [6.07, 6.45) is 0. The Labute approximate surface area is 213 Å². The van der Waals surface area contributed by atoms with Crippen LogP contribution in [0.25, 0.3) is 10.9 Å². The van der Waals surface area contributed by atoms with Crippen LogP contribution >= 0.6 is 11.8 Å². The molecule has 36 heavy (non-hydrogen) atoms. The summed E-state index contributed by atoms with van der Waals surface area (Å²) in [4.78, 5) is 35.5. The van der Waals surface area contributed by atoms with Crippen molar-refractivity contribution in [2.45, 2.75) is 11.7 Å². The third-order valence-corrected chi connectivity index (χ3v) is 7.15. The number of rotatable bonds is 6. The summed E-state index contributed by atoms with van der Waals surface area (Å²) in [5, 5.41) is 10.0. The molecule has 0 unspecified atom stereocenters. The average Bonchev–Trinajstić information content (AvgIpc) is 2.94. The molecule has 0 spiro atoms. The second kappa shape index (κ2) is 10.7. The number of anilines is 1. The van der Waals surface area contributed by atoms with Crippen LogP contribution in [-0.2, 0) is 6.54 Å². The van der Waals surface area contributed by atoms with Gasteiger partial charge in [0.1, 0.15) is 0 Å². The number of thioether (sulfide) groups is 1. The molecule has 1 aliphatic heterocycles. The van der Waals surface area contributed by atoms with Crippen LogP contribution in [0.5, 0.6) is 0 Å². The lowest BCUT2D eigenvalue weighted by atomic mass is 10.1. The van der Waals surface area contributed by atoms with E-state index in [-0.39, 0.29) is 17.2 Å². The minimum atomic E-state index is -0.181. The summed E-state index contributed by atoms with van der Waals surface area (Å²) in [6, 6.07) is 27.1. The van der Waals surface area contributed by atoms with E-state index in [9.17, 15) is 9.59 Å². The predicted molar refractivity (Wildman–Crippen MR) is 142 cm³/mol. The van der Waals surface area contributed by atoms with E-state index < -0.39 is 0 Å². The number of carbonyl (C=O) groups is 1. The number of benzene rings is 3. The first-order valence-electron chi connectivity index (χ1n) is 11.8. The summed E-state index contributed by atoms with van der Waals surface area (Å²) in [5.74, 6) is 0.114. The molecule has 0 radical (unpaired) electrons. The molecule has 0 saturated carbocycles. The van der Waals surface area contributed by atoms with E-state index in [1.54, 1.807) is 22.8 Å². The highest BCUT2D eigenvalue weighted by atomic mass is 32.2. The number of amides is 1. The van der Waals surface area contributed by atoms with Gasteiger partial charge in [-0.05, 0) is 35.9 Å². The number of nitrogens with zero attached hydrogens (tertiary/aromatic N) is 5. The second-order valence-corrected chi connectivity index (χ2v) is 9.51. The Bertz CT molecular complexity index is 1470. The molecule has 5 rings (SSSR count). The van der Waals surface area contributed by atoms with E-state index >= 15 is 0 Å². The SMILES string of the molecule is N#CCSc1nc2cc(C(=O)N3CCN(c4ccccc4)CC3)ccc2c(=O)n1Cc1ccccc1. The lowest BCUT2D eigenvalue weighted by Gasteiger charge is -2.36. The Kier molecular flexibility index (Phi) is 7.01. The quantitative estimate of drug-likeness (QED) is 0.297. The van der Waals surface area contributed by atoms with Crippen molar-refractivity contribution in [3.05, 3.63) is 100 Å². The van der Waals surface area contributed by atoms with E-state index in [1.807, 2.05) is 53.4 Å². The monoisotopic (exact) mass is 495 g/mol. The van der Waals surface area contributed by atoms with Gasteiger partial charge in [0.15, 0.2) is 5.16 Å². The van der Waals surface area contributed by atoms with Crippen molar-refractivity contribution in [3.63, 3.8) is 0 Å². The maximum atomic E-state index is 13.4. The summed E-state index contributed by atoms with van der Waals surface area (Å²) in [7, 11) is 0. The van der Waals surface area contributed by atoms with Gasteiger partial charge in [0.05, 0.1) is 29.3 Å². The molecule has 0 bridgehead atoms. The van der Waals surface area contributed by atoms with Gasteiger partial charge in [-0.2, -0.15) is 5.26 Å². The zero-order valence-corrected chi connectivity index (χ0v) is 20.5. The Morgan fingerprint density at radius 3 is 2.33 bits per heavy atom. The maximum absolute atomic E-state index is 13.4. The van der Waals surface area contributed by atoms with E-state index in [0.29, 0.717) is 41.3 Å². The van der Waals surface area contributed by atoms with Crippen molar-refractivity contribution in [2.75, 3.05) is 36.8 Å². The van der Waals surface area contributed by atoms with Crippen molar-refractivity contribution < 1.29 is 4.79 Å². The van der Waals surface area contributed by atoms with Gasteiger partial charge in [-0.3, -0.25) is 14.2 Å². The molecule has 180 valence electrons. The van der Waals surface area contributed by atoms with Crippen LogP contribution in [0.2, 0.25) is 0 Å². The van der Waals surface area contributed by atoms with Crippen molar-refractivity contribution in [1.82, 2.24) is 14.5 Å². The van der Waals surface area contributed by atoms with Crippen molar-refractivity contribution in [1.29, 1.82) is 5.26 Å². The van der Waals surface area contributed by atoms with Crippen molar-refractivity contribution >= 4 is 34.3 Å². The van der Waals surface area contributed by atoms with Crippen LogP contribution in [0, 0.1) is 11.3 Å². The van der Waals surface area contributed by atoms with E-state index in [4.69, 9.17) is 10.2 Å². The molecule has 1 aromatic heterocycles. The molecule has 4 aromatic rings. The van der Waals surface area contributed by atoms with Gasteiger partial charge in [0.2, 0.25) is 0 Å². The molecule has 1 fully saturated rings. The first kappa shape index (κ1) is 23.6. The highest BCUT2D eigenvalue weighted by Crippen LogP contribution is 2.21. The lowest BCUT2D eigenvalue weighted by Crippen LogP contribution is -2.48. The van der Waals surface area contributed by atoms with E-state index in [0.717, 1.165) is 24.3 Å². The van der Waals surface area contributed by atoms with E-state index in [2.05, 4.69) is 23.1 Å². The van der Waals surface area contributed by atoms with E-state index in [1.165, 1.54) is 11.8 Å². The largest absolute Gasteiger partial charge is 0.368 e. The second-order valence-electron chi connectivity index (χ2n) is 8.56. The molecule has 0 aliphatic carbocycles. The average molecular weight is 496 g/mol. The zero-order chi connectivity index (χ0) is 24.9. The molecule has 0 N–H and O–H groups in total. The summed E-state index contributed by atoms with van der Waals surface area (Å²) in [6.45, 7) is 3.15. The molecular formula is C28H25N5O2S. The number of fused-ring (bicyclic) bond motifs is 1. The van der Waals surface area contributed by atoms with Crippen LogP contribution in [0.3, 0.4) is 0 Å². The number of hydrogen-bond acceptors (Lipinski definition) is 6. The van der Waals surface area contributed by atoms with Gasteiger partial charge in [-0.15, -0.1) is 0 Å². The van der Waals surface area contributed by atoms with Crippen LogP contribution in [0.15, 0.2) is 88.8 Å². The topological polar surface area (TPSA) is 82.2 Å². The van der Waals surface area contributed by atoms with Crippen molar-refractivity contribution in [3.8, 4) is 6.07 Å². The highest BCUT2D eigenvalue weighted by molar-refractivity contribution is 7.99. The predicted octanol–water partition coefficient (Wildman–Crippen LogP) is 4.02. The van der Waals surface area contributed by atoms with Crippen LogP contribution in [-0.4, -0.2) is 52.3 Å². The Morgan fingerprint density at radius 1 is 0.944 bits per heavy atom. The third-order valence-electron chi connectivity index (χ3n) is 6.30. The minimum Gasteiger partial charge on any atom is -0.368 e. The summed E-state index contributed by atoms with van der Waals surface area (Å²) < 4.78 is 1.60. The highest BCUT2D eigenvalue weighted by Gasteiger charge is 2.23. The normalized spacial score (nSPS) is 13.5. The van der Waals surface area contributed by atoms with Gasteiger partial charge >= 0.3 is 0 Å². The molecular weight excluding hydrogens is 470 g/mol. The fourth-order valence-electron chi connectivity index (χ4n) is 4.44. The third kappa shape index (κ3) is 4.97. The van der Waals surface area contributed by atoms with Crippen LogP contribution in [0.4, 0.5) is 5.69 Å². The number of carbonyl (C=O) groups excluding carboxylic acids is 1. The molecule has 1 saturated heterocycles. The van der Waals surface area contributed by atoms with Gasteiger partial charge in [-0.1, -0.05) is 60.3 Å². The number of nitriles is 1.